The quantitative estimate of drug-likeness (QED) is 0.0949. The molecule has 0 saturated carbocycles. The molecule has 374 valence electrons. The van der Waals surface area contributed by atoms with E-state index in [0.29, 0.717) is 16.9 Å². The van der Waals surface area contributed by atoms with Crippen LogP contribution in [0.3, 0.4) is 0 Å². The maximum Gasteiger partial charge on any atom is 0.329 e. The molecule has 2 aliphatic rings. The minimum atomic E-state index is -1.86. The number of phenolic OH excluding ortho intramolecular Hbond substituents is 1. The smallest absolute Gasteiger partial charge is 0.329 e. The number of piperidine rings is 1. The van der Waals surface area contributed by atoms with Crippen molar-refractivity contribution in [3.63, 3.8) is 0 Å². The second kappa shape index (κ2) is 25.0. The molecule has 0 radical (unpaired) electrons. The number of nitrogens with one attached hydrogen (secondary N) is 7. The minimum absolute atomic E-state index is 0.0402. The van der Waals surface area contributed by atoms with Gasteiger partial charge in [-0.2, -0.15) is 0 Å². The normalized spacial score (nSPS) is 26.5. The summed E-state index contributed by atoms with van der Waals surface area (Å²) in [7, 11) is 0. The maximum absolute atomic E-state index is 14.4. The van der Waals surface area contributed by atoms with Gasteiger partial charge in [0, 0.05) is 12.8 Å². The first-order valence-electron chi connectivity index (χ1n) is 22.4. The first kappa shape index (κ1) is 55.7. The topological polar surface area (TPSA) is 331 Å². The van der Waals surface area contributed by atoms with Crippen molar-refractivity contribution >= 4 is 64.8 Å². The third-order valence-electron chi connectivity index (χ3n) is 11.2. The number of cyclic esters (lactones) is 1. The molecule has 1 aromatic carbocycles. The Morgan fingerprint density at radius 1 is 0.851 bits per heavy atom. The average molecular weight is 968 g/mol. The predicted molar refractivity (Wildman–Crippen MR) is 240 cm³/mol. The summed E-state index contributed by atoms with van der Waals surface area (Å²) in [6.07, 6.45) is -6.56. The largest absolute Gasteiger partial charge is 0.506 e. The number of amides is 8. The fraction of sp³-hybridized carbons (Fsp3) is 0.659. The molecule has 67 heavy (non-hydrogen) atoms. The van der Waals surface area contributed by atoms with Crippen molar-refractivity contribution in [2.75, 3.05) is 0 Å². The number of benzene rings is 1. The van der Waals surface area contributed by atoms with Gasteiger partial charge >= 0.3 is 5.97 Å². The van der Waals surface area contributed by atoms with Gasteiger partial charge in [0.25, 0.3) is 0 Å². The van der Waals surface area contributed by atoms with Crippen molar-refractivity contribution in [2.24, 2.45) is 11.8 Å². The van der Waals surface area contributed by atoms with Crippen LogP contribution in [0.15, 0.2) is 18.2 Å². The highest BCUT2D eigenvalue weighted by Gasteiger charge is 2.46. The number of aromatic hydroxyl groups is 1. The predicted octanol–water partition coefficient (Wildman–Crippen LogP) is -1.48. The van der Waals surface area contributed by atoms with Crippen LogP contribution >= 0.6 is 11.6 Å². The molecule has 0 aliphatic carbocycles. The monoisotopic (exact) mass is 966 g/mol. The lowest BCUT2D eigenvalue weighted by molar-refractivity contribution is -0.166. The van der Waals surface area contributed by atoms with Crippen LogP contribution in [-0.4, -0.2) is 151 Å². The van der Waals surface area contributed by atoms with Gasteiger partial charge in [0.05, 0.1) is 17.2 Å². The number of carbonyl (C=O) groups is 9. The summed E-state index contributed by atoms with van der Waals surface area (Å²) in [6.45, 7) is 13.3. The Morgan fingerprint density at radius 3 is 2.04 bits per heavy atom. The standard InChI is InChI=1S/C44H67ClN8O14/c1-10-11-31(57)46-21(6)37(59)51-34(22(7)54)40(62)52-35-24(9)67-44(66)33(20(4)5)50-39(61)29(18-25-12-14-30(56)26(45)17-25)49-42(64)36(23(8)55)53-32(58)15-13-27(43(53)65)47-38(60)28(16-19(2)3)48-41(35)63/h12,14,17,19-24,27-29,32-36,54-56,58H,10-11,13,15-16,18H2,1-9H3,(H,46,57)(H,47,60)(H,48,63)(H,49,64)(H,50,61)(H,51,59)(H,52,62)/t21-,22+,23+,24+,27-,28-,29-,32+,33-,34-,35-,36-/m0/s1. The van der Waals surface area contributed by atoms with Gasteiger partial charge in [-0.25, -0.2) is 4.79 Å². The fourth-order valence-electron chi connectivity index (χ4n) is 7.56. The molecule has 0 unspecified atom stereocenters. The van der Waals surface area contributed by atoms with Gasteiger partial charge in [-0.15, -0.1) is 0 Å². The number of fused-ring (bicyclic) bond motifs is 2. The number of esters is 1. The molecule has 0 aromatic heterocycles. The Bertz CT molecular complexity index is 1980. The second-order valence-electron chi connectivity index (χ2n) is 17.9. The Labute approximate surface area is 394 Å². The van der Waals surface area contributed by atoms with Gasteiger partial charge in [0.1, 0.15) is 66.4 Å². The third-order valence-corrected chi connectivity index (χ3v) is 11.5. The minimum Gasteiger partial charge on any atom is -0.506 e. The van der Waals surface area contributed by atoms with E-state index >= 15 is 0 Å². The number of halogens is 1. The number of rotatable bonds is 14. The molecule has 11 N–H and O–H groups in total. The SMILES string of the molecule is CCCC(=O)N[C@@H](C)C(=O)N[C@H](C(=O)N[C@@H]1C(=O)N[C@@H](CC(C)C)C(=O)N[C@H]2CC[C@@H](O)N(C2=O)[C@@H]([C@@H](C)O)C(=O)N[C@@H](Cc2ccc(O)c(Cl)c2)C(=O)N[C@@H](C(C)C)C(=O)O[C@@H]1C)[C@@H](C)O. The zero-order valence-corrected chi connectivity index (χ0v) is 40.0. The molecule has 1 aromatic rings. The van der Waals surface area contributed by atoms with Crippen LogP contribution in [-0.2, 0) is 54.3 Å². The van der Waals surface area contributed by atoms with E-state index in [2.05, 4.69) is 37.2 Å². The van der Waals surface area contributed by atoms with E-state index in [9.17, 15) is 63.6 Å². The van der Waals surface area contributed by atoms with Crippen molar-refractivity contribution in [1.29, 1.82) is 0 Å². The van der Waals surface area contributed by atoms with Gasteiger partial charge in [-0.3, -0.25) is 38.4 Å². The number of carbonyl (C=O) groups excluding carboxylic acids is 9. The molecule has 0 spiro atoms. The zero-order valence-electron chi connectivity index (χ0n) is 39.3. The molecule has 22 nitrogen and oxygen atoms in total. The van der Waals surface area contributed by atoms with Crippen LogP contribution in [0.25, 0.3) is 0 Å². The summed E-state index contributed by atoms with van der Waals surface area (Å²) in [4.78, 5) is 125. The maximum atomic E-state index is 14.4. The van der Waals surface area contributed by atoms with Crippen molar-refractivity contribution in [3.05, 3.63) is 28.8 Å². The zero-order chi connectivity index (χ0) is 50.6. The number of hydrogen-bond donors (Lipinski definition) is 11. The van der Waals surface area contributed by atoms with Gasteiger partial charge in [-0.1, -0.05) is 52.3 Å². The number of aliphatic hydroxyl groups excluding tert-OH is 3. The van der Waals surface area contributed by atoms with Crippen molar-refractivity contribution in [2.45, 2.75) is 174 Å². The second-order valence-corrected chi connectivity index (χ2v) is 18.3. The molecule has 3 rings (SSSR count). The summed E-state index contributed by atoms with van der Waals surface area (Å²) in [5.41, 5.74) is 0.312. The van der Waals surface area contributed by atoms with Crippen LogP contribution in [0, 0.1) is 11.8 Å². The van der Waals surface area contributed by atoms with E-state index in [4.69, 9.17) is 16.3 Å². The number of phenols is 1. The molecule has 2 saturated heterocycles. The molecule has 2 bridgehead atoms. The van der Waals surface area contributed by atoms with E-state index in [1.54, 1.807) is 34.6 Å². The van der Waals surface area contributed by atoms with Gasteiger partial charge in [0.2, 0.25) is 47.3 Å². The van der Waals surface area contributed by atoms with Crippen molar-refractivity contribution in [3.8, 4) is 5.75 Å². The summed E-state index contributed by atoms with van der Waals surface area (Å²) in [5.74, 6) is -9.88. The molecular weight excluding hydrogens is 900 g/mol. The average Bonchev–Trinajstić information content (AvgIpc) is 3.22. The van der Waals surface area contributed by atoms with Crippen LogP contribution < -0.4 is 37.2 Å². The van der Waals surface area contributed by atoms with Crippen molar-refractivity contribution in [1.82, 2.24) is 42.1 Å². The summed E-state index contributed by atoms with van der Waals surface area (Å²) < 4.78 is 5.75. The molecule has 2 aliphatic heterocycles. The van der Waals surface area contributed by atoms with Gasteiger partial charge in [-0.05, 0) is 82.9 Å². The van der Waals surface area contributed by atoms with Gasteiger partial charge < -0.3 is 67.3 Å². The fourth-order valence-corrected chi connectivity index (χ4v) is 7.76. The lowest BCUT2D eigenvalue weighted by atomic mass is 9.96. The number of aliphatic hydroxyl groups is 3. The Balaban J connectivity index is 2.17. The molecule has 8 amide bonds. The molecule has 2 fully saturated rings. The van der Waals surface area contributed by atoms with Crippen LogP contribution in [0.1, 0.15) is 100.0 Å². The van der Waals surface area contributed by atoms with E-state index in [0.717, 1.165) is 0 Å². The molecule has 23 heteroatoms. The molecule has 2 heterocycles. The highest BCUT2D eigenvalue weighted by Crippen LogP contribution is 2.26. The summed E-state index contributed by atoms with van der Waals surface area (Å²) in [5, 5.41) is 60.2. The lowest BCUT2D eigenvalue weighted by Gasteiger charge is -2.42. The number of hydrogen-bond acceptors (Lipinski definition) is 14. The van der Waals surface area contributed by atoms with Crippen LogP contribution in [0.4, 0.5) is 0 Å². The number of ether oxygens (including phenoxy) is 1. The van der Waals surface area contributed by atoms with E-state index in [1.807, 2.05) is 0 Å². The van der Waals surface area contributed by atoms with Gasteiger partial charge in [0.15, 0.2) is 0 Å². The highest BCUT2D eigenvalue weighted by molar-refractivity contribution is 6.32. The Morgan fingerprint density at radius 2 is 1.48 bits per heavy atom. The van der Waals surface area contributed by atoms with Crippen LogP contribution in [0.5, 0.6) is 5.75 Å². The van der Waals surface area contributed by atoms with E-state index < -0.39 is 132 Å². The first-order chi connectivity index (χ1) is 31.3. The third kappa shape index (κ3) is 15.5. The first-order valence-corrected chi connectivity index (χ1v) is 22.8. The summed E-state index contributed by atoms with van der Waals surface area (Å²) >= 11 is 6.15. The summed E-state index contributed by atoms with van der Waals surface area (Å²) in [6, 6.07) is -8.50. The Kier molecular flexibility index (Phi) is 20.8. The highest BCUT2D eigenvalue weighted by atomic mass is 35.5. The molecular formula is C44H67ClN8O14. The van der Waals surface area contributed by atoms with Crippen LogP contribution in [0.2, 0.25) is 5.02 Å². The van der Waals surface area contributed by atoms with E-state index in [-0.39, 0.29) is 48.8 Å². The lowest BCUT2D eigenvalue weighted by Crippen LogP contribution is -2.67. The number of nitrogens with zero attached hydrogens (tertiary/aromatic N) is 1. The Hall–Kier alpha value is -5.58. The molecule has 12 atom stereocenters. The van der Waals surface area contributed by atoms with Crippen molar-refractivity contribution < 1.29 is 68.3 Å². The van der Waals surface area contributed by atoms with E-state index in [1.165, 1.54) is 45.9 Å².